The zero-order valence-electron chi connectivity index (χ0n) is 34.0. The maximum absolute atomic E-state index is 13.9. The zero-order chi connectivity index (χ0) is 41.6. The number of H-pyrrole nitrogens is 2. The molecule has 4 atom stereocenters. The van der Waals surface area contributed by atoms with Crippen molar-refractivity contribution in [2.75, 3.05) is 27.3 Å². The predicted octanol–water partition coefficient (Wildman–Crippen LogP) is 7.76. The van der Waals surface area contributed by atoms with Crippen LogP contribution in [-0.2, 0) is 19.1 Å². The van der Waals surface area contributed by atoms with Gasteiger partial charge in [0.15, 0.2) is 0 Å². The van der Waals surface area contributed by atoms with Crippen LogP contribution in [0, 0.1) is 0 Å². The minimum atomic E-state index is -0.869. The Hall–Kier alpha value is -6.44. The first-order valence-electron chi connectivity index (χ1n) is 20.9. The summed E-state index contributed by atoms with van der Waals surface area (Å²) in [6.45, 7) is 1.15. The van der Waals surface area contributed by atoms with E-state index >= 15 is 0 Å². The van der Waals surface area contributed by atoms with Crippen molar-refractivity contribution in [2.45, 2.75) is 87.4 Å². The topological polar surface area (TPSA) is 175 Å². The Morgan fingerprint density at radius 1 is 0.617 bits per heavy atom. The second-order valence-corrected chi connectivity index (χ2v) is 15.9. The molecular formula is C46H52N8O6. The highest BCUT2D eigenvalue weighted by atomic mass is 16.5. The number of carbonyl (C=O) groups is 4. The molecule has 0 spiro atoms. The first kappa shape index (κ1) is 40.3. The van der Waals surface area contributed by atoms with Gasteiger partial charge in [0.25, 0.3) is 11.8 Å². The van der Waals surface area contributed by atoms with Crippen molar-refractivity contribution in [3.05, 3.63) is 131 Å². The molecule has 0 bridgehead atoms. The molecule has 3 aromatic carbocycles. The Kier molecular flexibility index (Phi) is 12.3. The summed E-state index contributed by atoms with van der Waals surface area (Å²) in [4.78, 5) is 72.6. The minimum absolute atomic E-state index is 0.178. The second kappa shape index (κ2) is 18.2. The normalized spacial score (nSPS) is 21.2. The number of hydrogen-bond acceptors (Lipinski definition) is 8. The van der Waals surface area contributed by atoms with Gasteiger partial charge >= 0.3 is 12.2 Å². The van der Waals surface area contributed by atoms with E-state index in [0.29, 0.717) is 36.1 Å². The van der Waals surface area contributed by atoms with Gasteiger partial charge in [-0.3, -0.25) is 9.59 Å². The van der Waals surface area contributed by atoms with E-state index in [-0.39, 0.29) is 23.9 Å². The van der Waals surface area contributed by atoms with Crippen LogP contribution in [0.3, 0.4) is 0 Å². The van der Waals surface area contributed by atoms with Gasteiger partial charge in [0.05, 0.1) is 38.2 Å². The third-order valence-electron chi connectivity index (χ3n) is 12.4. The van der Waals surface area contributed by atoms with Crippen molar-refractivity contribution >= 4 is 24.0 Å². The maximum Gasteiger partial charge on any atom is 0.407 e. The molecule has 2 aromatic heterocycles. The fourth-order valence-electron chi connectivity index (χ4n) is 9.23. The van der Waals surface area contributed by atoms with Crippen LogP contribution in [0.1, 0.15) is 121 Å². The van der Waals surface area contributed by atoms with Crippen LogP contribution in [0.25, 0.3) is 11.3 Å². The highest BCUT2D eigenvalue weighted by molar-refractivity contribution is 5.88. The highest BCUT2D eigenvalue weighted by Crippen LogP contribution is 2.42. The summed E-state index contributed by atoms with van der Waals surface area (Å²) in [5.41, 5.74) is 5.73. The Labute approximate surface area is 349 Å². The number of aromatic amines is 2. The van der Waals surface area contributed by atoms with E-state index in [1.165, 1.54) is 19.8 Å². The van der Waals surface area contributed by atoms with Crippen molar-refractivity contribution < 1.29 is 28.7 Å². The molecule has 8 rings (SSSR count). The van der Waals surface area contributed by atoms with Crippen molar-refractivity contribution in [2.24, 2.45) is 0 Å². The summed E-state index contributed by atoms with van der Waals surface area (Å²) in [6.07, 6.45) is 9.87. The number of alkyl carbamates (subject to hydrolysis) is 2. The van der Waals surface area contributed by atoms with Gasteiger partial charge in [-0.2, -0.15) is 0 Å². The lowest BCUT2D eigenvalue weighted by Crippen LogP contribution is -2.42. The van der Waals surface area contributed by atoms with E-state index < -0.39 is 24.3 Å². The molecule has 4 heterocycles. The molecule has 1 aliphatic carbocycles. The molecule has 4 amide bonds. The van der Waals surface area contributed by atoms with E-state index in [9.17, 15) is 19.2 Å². The molecule has 312 valence electrons. The molecule has 1 saturated carbocycles. The number of methoxy groups -OCH3 is 2. The van der Waals surface area contributed by atoms with Crippen molar-refractivity contribution in [3.63, 3.8) is 0 Å². The van der Waals surface area contributed by atoms with Crippen LogP contribution in [-0.4, -0.2) is 81.0 Å². The number of carbonyl (C=O) groups excluding carboxylic acids is 4. The van der Waals surface area contributed by atoms with Crippen molar-refractivity contribution in [1.82, 2.24) is 40.4 Å². The fraction of sp³-hybridized carbons (Fsp3) is 0.391. The van der Waals surface area contributed by atoms with Crippen LogP contribution >= 0.6 is 0 Å². The SMILES string of the molecule is COC(=O)N[C@@H](C(=O)N1CCC[C@H]1c1ncc(-c2ccc(C3CCC(c4cnc([C@@H]5CCCN5C(=O)[C@H](NC(=O)OC)c5ccccc5)[nH]4)CC3)cc2)[nH]1)c1ccccc1. The third kappa shape index (κ3) is 8.63. The van der Waals surface area contributed by atoms with E-state index in [1.807, 2.05) is 78.0 Å². The first-order chi connectivity index (χ1) is 29.3. The van der Waals surface area contributed by atoms with Crippen LogP contribution in [0.4, 0.5) is 9.59 Å². The van der Waals surface area contributed by atoms with Crippen molar-refractivity contribution in [1.29, 1.82) is 0 Å². The molecule has 14 nitrogen and oxygen atoms in total. The van der Waals surface area contributed by atoms with Crippen LogP contribution in [0.5, 0.6) is 0 Å². The van der Waals surface area contributed by atoms with Gasteiger partial charge in [0, 0.05) is 30.9 Å². The Bertz CT molecular complexity index is 2250. The Morgan fingerprint density at radius 2 is 1.10 bits per heavy atom. The maximum atomic E-state index is 13.9. The molecule has 60 heavy (non-hydrogen) atoms. The first-order valence-corrected chi connectivity index (χ1v) is 20.9. The number of likely N-dealkylation sites (tertiary alicyclic amines) is 2. The summed E-state index contributed by atoms with van der Waals surface area (Å²) in [5, 5.41) is 5.46. The van der Waals surface area contributed by atoms with Gasteiger partial charge in [0.2, 0.25) is 0 Å². The van der Waals surface area contributed by atoms with Gasteiger partial charge in [-0.1, -0.05) is 84.9 Å². The largest absolute Gasteiger partial charge is 0.453 e. The predicted molar refractivity (Wildman–Crippen MR) is 223 cm³/mol. The molecule has 14 heteroatoms. The summed E-state index contributed by atoms with van der Waals surface area (Å²) >= 11 is 0. The zero-order valence-corrected chi connectivity index (χ0v) is 34.0. The monoisotopic (exact) mass is 812 g/mol. The van der Waals surface area contributed by atoms with Gasteiger partial charge in [-0.15, -0.1) is 0 Å². The van der Waals surface area contributed by atoms with Crippen LogP contribution in [0.15, 0.2) is 97.3 Å². The number of benzene rings is 3. The van der Waals surface area contributed by atoms with Gasteiger partial charge in [0.1, 0.15) is 23.7 Å². The average molecular weight is 813 g/mol. The quantitative estimate of drug-likeness (QED) is 0.105. The van der Waals surface area contributed by atoms with Crippen LogP contribution in [0.2, 0.25) is 0 Å². The number of imidazole rings is 2. The molecule has 3 fully saturated rings. The van der Waals surface area contributed by atoms with E-state index in [2.05, 4.69) is 44.9 Å². The Morgan fingerprint density at radius 3 is 1.62 bits per heavy atom. The van der Waals surface area contributed by atoms with E-state index in [1.54, 1.807) is 4.90 Å². The molecule has 2 saturated heterocycles. The van der Waals surface area contributed by atoms with Gasteiger partial charge in [-0.25, -0.2) is 19.6 Å². The number of ether oxygens (including phenoxy) is 2. The smallest absolute Gasteiger partial charge is 0.407 e. The summed E-state index contributed by atoms with van der Waals surface area (Å²) in [7, 11) is 2.58. The molecule has 3 aliphatic rings. The lowest BCUT2D eigenvalue weighted by molar-refractivity contribution is -0.135. The number of amides is 4. The number of nitrogens with zero attached hydrogens (tertiary/aromatic N) is 4. The summed E-state index contributed by atoms with van der Waals surface area (Å²) in [6, 6.07) is 25.0. The molecule has 5 aromatic rings. The van der Waals surface area contributed by atoms with Gasteiger partial charge in [-0.05, 0) is 79.5 Å². The van der Waals surface area contributed by atoms with Crippen LogP contribution < -0.4 is 10.6 Å². The van der Waals surface area contributed by atoms with Gasteiger partial charge < -0.3 is 39.9 Å². The second-order valence-electron chi connectivity index (χ2n) is 15.9. The average Bonchev–Trinajstić information content (AvgIpc) is 4.15. The Balaban J connectivity index is 0.878. The van der Waals surface area contributed by atoms with Crippen molar-refractivity contribution in [3.8, 4) is 11.3 Å². The third-order valence-corrected chi connectivity index (χ3v) is 12.4. The number of rotatable bonds is 11. The summed E-state index contributed by atoms with van der Waals surface area (Å²) < 4.78 is 9.68. The highest BCUT2D eigenvalue weighted by Gasteiger charge is 2.39. The number of hydrogen-bond donors (Lipinski definition) is 4. The molecular weight excluding hydrogens is 761 g/mol. The molecule has 4 N–H and O–H groups in total. The molecule has 2 aliphatic heterocycles. The molecule has 0 unspecified atom stereocenters. The summed E-state index contributed by atoms with van der Waals surface area (Å²) in [5.74, 6) is 1.95. The lowest BCUT2D eigenvalue weighted by atomic mass is 9.77. The standard InChI is InChI=1S/C46H52N8O6/c1-59-45(57)51-39(33-11-5-3-6-12-33)43(55)53-25-9-15-37(53)41-47-27-35(49-41)31-21-17-29(18-22-31)30-19-23-32(24-20-30)36-28-48-42(50-36)38-16-10-26-54(38)44(56)40(52-46(58)60-2)34-13-7-4-8-14-34/h3-8,11-14,17-18,21-22,27-28,30,32,37-40H,9-10,15-16,19-20,23-26H2,1-2H3,(H,47,49)(H,48,50)(H,51,57)(H,52,58)/t30?,32?,37-,38-,39+,40+/m0/s1. The van der Waals surface area contributed by atoms with E-state index in [4.69, 9.17) is 19.4 Å². The molecule has 0 radical (unpaired) electrons. The minimum Gasteiger partial charge on any atom is -0.453 e. The number of nitrogens with one attached hydrogen (secondary N) is 4. The lowest BCUT2D eigenvalue weighted by Gasteiger charge is -2.29. The van der Waals surface area contributed by atoms with E-state index in [0.717, 1.165) is 80.0 Å². The number of aromatic nitrogens is 4. The fourth-order valence-corrected chi connectivity index (χ4v) is 9.23.